The highest BCUT2D eigenvalue weighted by molar-refractivity contribution is 7.89. The molecule has 0 amide bonds. The van der Waals surface area contributed by atoms with Crippen LogP contribution < -0.4 is 0 Å². The molecule has 2 heterocycles. The summed E-state index contributed by atoms with van der Waals surface area (Å²) >= 11 is 0. The summed E-state index contributed by atoms with van der Waals surface area (Å²) in [4.78, 5) is 11.0. The maximum Gasteiger partial charge on any atom is 0.393 e. The molecule has 26 heavy (non-hydrogen) atoms. The van der Waals surface area contributed by atoms with Crippen LogP contribution in [0.3, 0.4) is 0 Å². The molecular weight excluding hydrogens is 375 g/mol. The summed E-state index contributed by atoms with van der Waals surface area (Å²) in [6.45, 7) is 5.72. The van der Waals surface area contributed by atoms with E-state index in [1.54, 1.807) is 6.92 Å². The van der Waals surface area contributed by atoms with E-state index in [-0.39, 0.29) is 16.5 Å². The van der Waals surface area contributed by atoms with Crippen molar-refractivity contribution in [2.24, 2.45) is 17.8 Å². The molecule has 2 rings (SSSR count). The van der Waals surface area contributed by atoms with E-state index in [2.05, 4.69) is 5.10 Å². The molecule has 1 aliphatic heterocycles. The van der Waals surface area contributed by atoms with Crippen LogP contribution in [0.1, 0.15) is 25.2 Å². The number of alkyl halides is 3. The summed E-state index contributed by atoms with van der Waals surface area (Å²) in [7, 11) is -4.29. The largest absolute Gasteiger partial charge is 0.481 e. The maximum atomic E-state index is 13.1. The highest BCUT2D eigenvalue weighted by atomic mass is 32.2. The van der Waals surface area contributed by atoms with Gasteiger partial charge in [0.15, 0.2) is 0 Å². The van der Waals surface area contributed by atoms with E-state index in [1.165, 1.54) is 11.6 Å². The minimum absolute atomic E-state index is 0.148. The number of halogens is 3. The predicted octanol–water partition coefficient (Wildman–Crippen LogP) is 2.04. The first-order valence-electron chi connectivity index (χ1n) is 8.10. The van der Waals surface area contributed by atoms with Crippen molar-refractivity contribution < 1.29 is 31.5 Å². The van der Waals surface area contributed by atoms with Gasteiger partial charge in [-0.15, -0.1) is 0 Å². The molecule has 0 saturated carbocycles. The van der Waals surface area contributed by atoms with Crippen LogP contribution in [0.5, 0.6) is 0 Å². The second kappa shape index (κ2) is 6.84. The van der Waals surface area contributed by atoms with Gasteiger partial charge in [0.1, 0.15) is 4.90 Å². The number of sulfonamides is 1. The molecule has 0 bridgehead atoms. The third kappa shape index (κ3) is 3.73. The lowest BCUT2D eigenvalue weighted by Gasteiger charge is -2.18. The summed E-state index contributed by atoms with van der Waals surface area (Å²) < 4.78 is 67.4. The third-order valence-corrected chi connectivity index (χ3v) is 6.56. The van der Waals surface area contributed by atoms with Crippen molar-refractivity contribution in [3.8, 4) is 0 Å². The van der Waals surface area contributed by atoms with Gasteiger partial charge in [-0.3, -0.25) is 9.48 Å². The lowest BCUT2D eigenvalue weighted by Crippen LogP contribution is -2.34. The Balaban J connectivity index is 2.43. The van der Waals surface area contributed by atoms with Crippen LogP contribution in [-0.2, 0) is 21.4 Å². The fraction of sp³-hybridized carbons (Fsp3) is 0.733. The molecule has 0 aliphatic carbocycles. The van der Waals surface area contributed by atoms with E-state index in [9.17, 15) is 26.4 Å². The number of carbonyl (C=O) groups is 1. The van der Waals surface area contributed by atoms with Gasteiger partial charge in [0, 0.05) is 19.6 Å². The molecule has 0 aromatic carbocycles. The normalized spacial score (nSPS) is 22.3. The van der Waals surface area contributed by atoms with Gasteiger partial charge in [-0.1, -0.05) is 13.8 Å². The number of carboxylic acids is 1. The monoisotopic (exact) mass is 397 g/mol. The molecule has 148 valence electrons. The number of hydrogen-bond acceptors (Lipinski definition) is 4. The molecule has 1 aliphatic rings. The summed E-state index contributed by atoms with van der Waals surface area (Å²) in [5.41, 5.74) is 0.518. The first-order valence-corrected chi connectivity index (χ1v) is 9.54. The molecule has 1 N–H and O–H groups in total. The van der Waals surface area contributed by atoms with E-state index >= 15 is 0 Å². The molecule has 1 aromatic heterocycles. The average Bonchev–Trinajstić information content (AvgIpc) is 3.01. The number of hydrogen-bond donors (Lipinski definition) is 1. The fourth-order valence-electron chi connectivity index (χ4n) is 3.25. The molecule has 1 fully saturated rings. The summed E-state index contributed by atoms with van der Waals surface area (Å²) in [6.07, 6.45) is -4.79. The number of carboxylic acid groups (broad SMARTS) is 1. The van der Waals surface area contributed by atoms with Gasteiger partial charge in [0.25, 0.3) is 0 Å². The summed E-state index contributed by atoms with van der Waals surface area (Å²) in [6, 6.07) is 0. The molecule has 2 atom stereocenters. The van der Waals surface area contributed by atoms with Crippen molar-refractivity contribution >= 4 is 16.0 Å². The lowest BCUT2D eigenvalue weighted by molar-refractivity contribution is -0.187. The number of aliphatic carboxylic acids is 1. The Kier molecular flexibility index (Phi) is 5.44. The Labute approximate surface area is 149 Å². The van der Waals surface area contributed by atoms with Crippen molar-refractivity contribution in [3.63, 3.8) is 0 Å². The molecule has 0 radical (unpaired) electrons. The Morgan fingerprint density at radius 2 is 1.88 bits per heavy atom. The van der Waals surface area contributed by atoms with Crippen LogP contribution in [0.4, 0.5) is 13.2 Å². The van der Waals surface area contributed by atoms with Crippen molar-refractivity contribution in [2.45, 2.75) is 45.3 Å². The van der Waals surface area contributed by atoms with E-state index in [0.29, 0.717) is 16.5 Å². The van der Waals surface area contributed by atoms with E-state index in [4.69, 9.17) is 5.11 Å². The van der Waals surface area contributed by atoms with Gasteiger partial charge in [0.05, 0.1) is 23.2 Å². The average molecular weight is 397 g/mol. The van der Waals surface area contributed by atoms with E-state index in [0.717, 1.165) is 0 Å². The number of aryl methyl sites for hydroxylation is 1. The van der Waals surface area contributed by atoms with Crippen LogP contribution in [0.15, 0.2) is 4.90 Å². The number of rotatable bonds is 5. The molecule has 11 heteroatoms. The number of aromatic nitrogens is 2. The summed E-state index contributed by atoms with van der Waals surface area (Å²) in [5, 5.41) is 13.3. The van der Waals surface area contributed by atoms with Crippen LogP contribution in [0, 0.1) is 31.6 Å². The zero-order chi connectivity index (χ0) is 20.0. The maximum absolute atomic E-state index is 13.1. The minimum Gasteiger partial charge on any atom is -0.481 e. The summed E-state index contributed by atoms with van der Waals surface area (Å²) in [5.74, 6) is -5.52. The minimum atomic E-state index is -4.79. The third-order valence-electron chi connectivity index (χ3n) is 4.48. The second-order valence-corrected chi connectivity index (χ2v) is 8.87. The Bertz CT molecular complexity index is 802. The smallest absolute Gasteiger partial charge is 0.393 e. The van der Waals surface area contributed by atoms with E-state index in [1.807, 2.05) is 13.8 Å². The van der Waals surface area contributed by atoms with Crippen molar-refractivity contribution in [1.29, 1.82) is 0 Å². The van der Waals surface area contributed by atoms with Crippen molar-refractivity contribution in [1.82, 2.24) is 14.1 Å². The first kappa shape index (κ1) is 20.7. The van der Waals surface area contributed by atoms with Crippen LogP contribution >= 0.6 is 0 Å². The predicted molar refractivity (Wildman–Crippen MR) is 86.0 cm³/mol. The van der Waals surface area contributed by atoms with Crippen LogP contribution in [0.2, 0.25) is 0 Å². The molecule has 1 aromatic rings. The molecular formula is C15H22F3N3O4S. The molecule has 7 nitrogen and oxygen atoms in total. The fourth-order valence-corrected chi connectivity index (χ4v) is 5.12. The molecule has 1 saturated heterocycles. The lowest BCUT2D eigenvalue weighted by atomic mass is 9.96. The molecule has 0 spiro atoms. The van der Waals surface area contributed by atoms with E-state index < -0.39 is 47.1 Å². The van der Waals surface area contributed by atoms with Crippen molar-refractivity contribution in [2.75, 3.05) is 13.1 Å². The first-order chi connectivity index (χ1) is 11.8. The Hall–Kier alpha value is -1.62. The van der Waals surface area contributed by atoms with Crippen LogP contribution in [-0.4, -0.2) is 52.8 Å². The van der Waals surface area contributed by atoms with Crippen molar-refractivity contribution in [3.05, 3.63) is 11.4 Å². The zero-order valence-corrected chi connectivity index (χ0v) is 15.7. The highest BCUT2D eigenvalue weighted by Gasteiger charge is 2.55. The van der Waals surface area contributed by atoms with Crippen LogP contribution in [0.25, 0.3) is 0 Å². The van der Waals surface area contributed by atoms with Gasteiger partial charge in [-0.05, 0) is 19.8 Å². The SMILES string of the molecule is Cc1nn(CC(C)C)c(C)c1S(=O)(=O)N1C[C@@H](C(F)(F)F)[C@H](C(=O)O)C1. The van der Waals surface area contributed by atoms with Gasteiger partial charge >= 0.3 is 12.1 Å². The van der Waals surface area contributed by atoms with Gasteiger partial charge in [-0.2, -0.15) is 22.6 Å². The van der Waals surface area contributed by atoms with Gasteiger partial charge < -0.3 is 5.11 Å². The standard InChI is InChI=1S/C15H22F3N3O4S/c1-8(2)5-21-10(4)13(9(3)19-21)26(24,25)20-6-11(14(22)23)12(7-20)15(16,17)18/h8,11-12H,5-7H2,1-4H3,(H,22,23)/t11-,12-/m1/s1. The Morgan fingerprint density at radius 1 is 1.31 bits per heavy atom. The number of nitrogens with zero attached hydrogens (tertiary/aromatic N) is 3. The Morgan fingerprint density at radius 3 is 2.31 bits per heavy atom. The topological polar surface area (TPSA) is 92.5 Å². The van der Waals surface area contributed by atoms with Gasteiger partial charge in [-0.25, -0.2) is 8.42 Å². The highest BCUT2D eigenvalue weighted by Crippen LogP contribution is 2.40. The second-order valence-electron chi connectivity index (χ2n) is 6.99. The molecule has 0 unspecified atom stereocenters. The quantitative estimate of drug-likeness (QED) is 0.821. The zero-order valence-electron chi connectivity index (χ0n) is 14.9. The van der Waals surface area contributed by atoms with Gasteiger partial charge in [0.2, 0.25) is 10.0 Å².